The van der Waals surface area contributed by atoms with E-state index < -0.39 is 9.53 Å². The standard InChI is InChI=1S/C6H16O3Si.CH3/c1-4-7-10(8-5-2)9-6-3;/h10H,4-6H2,1-3H3;1H3. The van der Waals surface area contributed by atoms with Gasteiger partial charge in [0.25, 0.3) is 0 Å². The third-order valence-corrected chi connectivity index (χ3v) is 2.72. The highest BCUT2D eigenvalue weighted by Crippen LogP contribution is 1.90. The van der Waals surface area contributed by atoms with Crippen LogP contribution in [-0.4, -0.2) is 29.3 Å². The molecule has 0 aliphatic carbocycles. The summed E-state index contributed by atoms with van der Waals surface area (Å²) in [7, 11) is -1.73. The van der Waals surface area contributed by atoms with E-state index in [1.54, 1.807) is 0 Å². The van der Waals surface area contributed by atoms with Gasteiger partial charge in [0.1, 0.15) is 0 Å². The molecule has 0 rings (SSSR count). The van der Waals surface area contributed by atoms with Crippen molar-refractivity contribution in [3.05, 3.63) is 7.43 Å². The molecule has 0 saturated heterocycles. The average Bonchev–Trinajstić information content (AvgIpc) is 1.90. The van der Waals surface area contributed by atoms with Gasteiger partial charge in [0.2, 0.25) is 0 Å². The first kappa shape index (κ1) is 13.7. The molecule has 69 valence electrons. The van der Waals surface area contributed by atoms with Crippen molar-refractivity contribution in [3.63, 3.8) is 0 Å². The predicted octanol–water partition coefficient (Wildman–Crippen LogP) is 1.26. The van der Waals surface area contributed by atoms with Crippen molar-refractivity contribution >= 4 is 9.53 Å². The zero-order chi connectivity index (χ0) is 7.82. The van der Waals surface area contributed by atoms with E-state index in [0.717, 1.165) is 0 Å². The zero-order valence-electron chi connectivity index (χ0n) is 7.92. The van der Waals surface area contributed by atoms with E-state index in [1.165, 1.54) is 0 Å². The van der Waals surface area contributed by atoms with Crippen LogP contribution in [0.15, 0.2) is 0 Å². The summed E-state index contributed by atoms with van der Waals surface area (Å²) in [4.78, 5) is 0. The van der Waals surface area contributed by atoms with Gasteiger partial charge in [-0.3, -0.25) is 0 Å². The summed E-state index contributed by atoms with van der Waals surface area (Å²) >= 11 is 0. The molecule has 11 heavy (non-hydrogen) atoms. The van der Waals surface area contributed by atoms with Crippen molar-refractivity contribution in [1.82, 2.24) is 0 Å². The summed E-state index contributed by atoms with van der Waals surface area (Å²) in [6, 6.07) is 0. The van der Waals surface area contributed by atoms with Crippen LogP contribution in [0.1, 0.15) is 20.8 Å². The normalized spacial score (nSPS) is 9.82. The van der Waals surface area contributed by atoms with Crippen LogP contribution in [0.4, 0.5) is 0 Å². The second-order valence-electron chi connectivity index (χ2n) is 1.65. The van der Waals surface area contributed by atoms with Gasteiger partial charge < -0.3 is 13.3 Å². The third-order valence-electron chi connectivity index (χ3n) is 0.908. The topological polar surface area (TPSA) is 27.7 Å². The van der Waals surface area contributed by atoms with Crippen LogP contribution in [0.25, 0.3) is 0 Å². The Morgan fingerprint density at radius 3 is 1.27 bits per heavy atom. The fourth-order valence-electron chi connectivity index (χ4n) is 0.553. The SMILES string of the molecule is CCO[SiH](OCC)OCC.[CH3]. The van der Waals surface area contributed by atoms with E-state index in [-0.39, 0.29) is 7.43 Å². The minimum Gasteiger partial charge on any atom is -0.376 e. The highest BCUT2D eigenvalue weighted by molar-refractivity contribution is 6.36. The molecule has 0 saturated carbocycles. The largest absolute Gasteiger partial charge is 0.484 e. The molecule has 0 atom stereocenters. The molecule has 0 unspecified atom stereocenters. The lowest BCUT2D eigenvalue weighted by Gasteiger charge is -2.12. The van der Waals surface area contributed by atoms with Crippen molar-refractivity contribution in [1.29, 1.82) is 0 Å². The van der Waals surface area contributed by atoms with E-state index >= 15 is 0 Å². The Hall–Kier alpha value is 0.0969. The fourth-order valence-corrected chi connectivity index (χ4v) is 1.66. The summed E-state index contributed by atoms with van der Waals surface area (Å²) in [5, 5.41) is 0. The maximum atomic E-state index is 5.22. The quantitative estimate of drug-likeness (QED) is 0.575. The summed E-state index contributed by atoms with van der Waals surface area (Å²) in [6.45, 7) is 7.86. The molecule has 0 amide bonds. The molecule has 0 aliphatic rings. The molecule has 0 heterocycles. The molecule has 0 bridgehead atoms. The van der Waals surface area contributed by atoms with Gasteiger partial charge in [0, 0.05) is 19.8 Å². The third kappa shape index (κ3) is 8.00. The first-order valence-electron chi connectivity index (χ1n) is 3.69. The lowest BCUT2D eigenvalue weighted by molar-refractivity contribution is 0.107. The highest BCUT2D eigenvalue weighted by atomic mass is 28.3. The van der Waals surface area contributed by atoms with E-state index in [0.29, 0.717) is 19.8 Å². The van der Waals surface area contributed by atoms with Gasteiger partial charge in [-0.2, -0.15) is 0 Å². The average molecular weight is 179 g/mol. The Morgan fingerprint density at radius 2 is 1.09 bits per heavy atom. The molecule has 1 radical (unpaired) electrons. The Morgan fingerprint density at radius 1 is 0.818 bits per heavy atom. The van der Waals surface area contributed by atoms with Gasteiger partial charge in [-0.1, -0.05) is 7.43 Å². The van der Waals surface area contributed by atoms with Gasteiger partial charge in [-0.15, -0.1) is 0 Å². The monoisotopic (exact) mass is 179 g/mol. The minimum atomic E-state index is -1.73. The number of rotatable bonds is 6. The van der Waals surface area contributed by atoms with E-state index in [2.05, 4.69) is 0 Å². The lowest BCUT2D eigenvalue weighted by atomic mass is 10.9. The zero-order valence-corrected chi connectivity index (χ0v) is 9.08. The summed E-state index contributed by atoms with van der Waals surface area (Å²) in [6.07, 6.45) is 0. The van der Waals surface area contributed by atoms with Crippen LogP contribution in [0.3, 0.4) is 0 Å². The molecule has 0 N–H and O–H groups in total. The summed E-state index contributed by atoms with van der Waals surface area (Å²) in [5.74, 6) is 0. The second-order valence-corrected chi connectivity index (χ2v) is 3.23. The Labute approximate surface area is 71.6 Å². The van der Waals surface area contributed by atoms with Crippen molar-refractivity contribution in [2.24, 2.45) is 0 Å². The van der Waals surface area contributed by atoms with E-state index in [9.17, 15) is 0 Å². The van der Waals surface area contributed by atoms with Gasteiger partial charge in [-0.05, 0) is 20.8 Å². The van der Waals surface area contributed by atoms with E-state index in [1.807, 2.05) is 20.8 Å². The Balaban J connectivity index is 0. The van der Waals surface area contributed by atoms with Crippen molar-refractivity contribution in [2.45, 2.75) is 20.8 Å². The van der Waals surface area contributed by atoms with Crippen LogP contribution in [0.5, 0.6) is 0 Å². The second kappa shape index (κ2) is 10.1. The van der Waals surface area contributed by atoms with E-state index in [4.69, 9.17) is 13.3 Å². The molecule has 0 fully saturated rings. The Kier molecular flexibility index (Phi) is 12.5. The number of hydrogen-bond acceptors (Lipinski definition) is 3. The van der Waals surface area contributed by atoms with Gasteiger partial charge in [-0.25, -0.2) is 0 Å². The molecule has 0 spiro atoms. The first-order valence-corrected chi connectivity index (χ1v) is 5.11. The van der Waals surface area contributed by atoms with Crippen molar-refractivity contribution in [2.75, 3.05) is 19.8 Å². The van der Waals surface area contributed by atoms with Crippen LogP contribution >= 0.6 is 0 Å². The molecule has 0 aromatic carbocycles. The van der Waals surface area contributed by atoms with Crippen LogP contribution < -0.4 is 0 Å². The molecular formula is C7H19O3Si. The molecule has 0 aromatic heterocycles. The summed E-state index contributed by atoms with van der Waals surface area (Å²) < 4.78 is 15.7. The number of hydrogen-bond donors (Lipinski definition) is 0. The van der Waals surface area contributed by atoms with Crippen molar-refractivity contribution in [3.8, 4) is 0 Å². The predicted molar refractivity (Wildman–Crippen MR) is 48.4 cm³/mol. The van der Waals surface area contributed by atoms with Gasteiger partial charge >= 0.3 is 9.53 Å². The highest BCUT2D eigenvalue weighted by Gasteiger charge is 2.11. The maximum Gasteiger partial charge on any atom is 0.484 e. The smallest absolute Gasteiger partial charge is 0.376 e. The Bertz CT molecular complexity index is 56.4. The molecule has 0 aromatic rings. The van der Waals surface area contributed by atoms with Crippen LogP contribution in [0.2, 0.25) is 0 Å². The van der Waals surface area contributed by atoms with Gasteiger partial charge in [0.05, 0.1) is 0 Å². The molecular weight excluding hydrogens is 160 g/mol. The lowest BCUT2D eigenvalue weighted by Crippen LogP contribution is -2.27. The summed E-state index contributed by atoms with van der Waals surface area (Å²) in [5.41, 5.74) is 0. The van der Waals surface area contributed by atoms with Crippen LogP contribution in [-0.2, 0) is 13.3 Å². The van der Waals surface area contributed by atoms with Gasteiger partial charge in [0.15, 0.2) is 0 Å². The fraction of sp³-hybridized carbons (Fsp3) is 0.857. The maximum absolute atomic E-state index is 5.22. The molecule has 3 nitrogen and oxygen atoms in total. The van der Waals surface area contributed by atoms with Crippen LogP contribution in [0, 0.1) is 7.43 Å². The van der Waals surface area contributed by atoms with Crippen molar-refractivity contribution < 1.29 is 13.3 Å². The molecule has 4 heteroatoms. The molecule has 0 aliphatic heterocycles. The first-order chi connectivity index (χ1) is 4.85. The minimum absolute atomic E-state index is 0.